The number of benzene rings is 1. The monoisotopic (exact) mass is 308 g/mol. The average molecular weight is 309 g/mol. The van der Waals surface area contributed by atoms with Gasteiger partial charge in [-0.3, -0.25) is 4.79 Å². The summed E-state index contributed by atoms with van der Waals surface area (Å²) in [7, 11) is -2.66. The van der Waals surface area contributed by atoms with Gasteiger partial charge >= 0.3 is 0 Å². The average Bonchev–Trinajstić information content (AvgIpc) is 2.35. The van der Waals surface area contributed by atoms with Crippen LogP contribution in [0.4, 0.5) is 0 Å². The van der Waals surface area contributed by atoms with Crippen LogP contribution in [0, 0.1) is 0 Å². The number of hydrogen-bond donors (Lipinski definition) is 3. The number of halogens is 1. The minimum absolute atomic E-state index is 0.0496. The number of carbonyl (C=O) groups is 1. The fraction of sp³-hybridized carbons (Fsp3) is 0.300. The van der Waals surface area contributed by atoms with Gasteiger partial charge in [-0.2, -0.15) is 0 Å². The Balaban J connectivity index is 2.98. The van der Waals surface area contributed by atoms with E-state index in [2.05, 4.69) is 0 Å². The Morgan fingerprint density at radius 3 is 2.74 bits per heavy atom. The molecule has 0 aromatic heterocycles. The van der Waals surface area contributed by atoms with Crippen LogP contribution in [0.3, 0.4) is 0 Å². The van der Waals surface area contributed by atoms with Crippen LogP contribution in [0.15, 0.2) is 23.1 Å². The van der Waals surface area contributed by atoms with Crippen LogP contribution >= 0.6 is 11.6 Å². The van der Waals surface area contributed by atoms with E-state index in [1.165, 1.54) is 25.3 Å². The highest BCUT2D eigenvalue weighted by molar-refractivity contribution is 7.89. The van der Waals surface area contributed by atoms with Crippen LogP contribution < -0.4 is 15.2 Å². The fourth-order valence-corrected chi connectivity index (χ4v) is 2.58. The number of nitrogens with one attached hydrogen (secondary N) is 1. The Kier molecular flexibility index (Phi) is 5.12. The Morgan fingerprint density at radius 1 is 1.58 bits per heavy atom. The zero-order valence-electron chi connectivity index (χ0n) is 9.96. The van der Waals surface area contributed by atoms with E-state index in [-0.39, 0.29) is 10.6 Å². The molecule has 1 aromatic carbocycles. The minimum atomic E-state index is -3.95. The molecular weight excluding hydrogens is 296 g/mol. The molecule has 1 unspecified atom stereocenters. The molecule has 1 aromatic rings. The Bertz CT molecular complexity index is 575. The summed E-state index contributed by atoms with van der Waals surface area (Å²) in [5, 5.41) is 9.47. The molecule has 4 N–H and O–H groups in total. The number of ether oxygens (including phenoxy) is 1. The maximum Gasteiger partial charge on any atom is 0.247 e. The standard InChI is InChI=1S/C10H13ClN2O5S/c1-18-8-4-6(11)2-3-9(8)19(16,17)13-5-7(14)10(12)15/h2-4,7,13-14H,5H2,1H3,(H2,12,15). The molecular formula is C10H13ClN2O5S. The van der Waals surface area contributed by atoms with Crippen LogP contribution in [0.25, 0.3) is 0 Å². The van der Waals surface area contributed by atoms with E-state index in [1.807, 2.05) is 4.72 Å². The lowest BCUT2D eigenvalue weighted by molar-refractivity contribution is -0.125. The molecule has 0 aliphatic heterocycles. The maximum absolute atomic E-state index is 12.0. The molecule has 1 rings (SSSR count). The van der Waals surface area contributed by atoms with Crippen molar-refractivity contribution in [3.8, 4) is 5.75 Å². The van der Waals surface area contributed by atoms with Gasteiger partial charge in [-0.05, 0) is 12.1 Å². The lowest BCUT2D eigenvalue weighted by Crippen LogP contribution is -2.40. The molecule has 1 atom stereocenters. The molecule has 0 aliphatic carbocycles. The summed E-state index contributed by atoms with van der Waals surface area (Å²) < 4.78 is 30.9. The minimum Gasteiger partial charge on any atom is -0.495 e. The van der Waals surface area contributed by atoms with Gasteiger partial charge in [0.15, 0.2) is 0 Å². The number of amides is 1. The van der Waals surface area contributed by atoms with Crippen molar-refractivity contribution >= 4 is 27.5 Å². The maximum atomic E-state index is 12.0. The highest BCUT2D eigenvalue weighted by atomic mass is 35.5. The molecule has 0 aliphatic rings. The summed E-state index contributed by atoms with van der Waals surface area (Å²) in [6, 6.07) is 3.96. The van der Waals surface area contributed by atoms with Gasteiger partial charge in [-0.15, -0.1) is 0 Å². The summed E-state index contributed by atoms with van der Waals surface area (Å²) in [6.45, 7) is -0.524. The molecule has 106 valence electrons. The van der Waals surface area contributed by atoms with Gasteiger partial charge in [0.2, 0.25) is 15.9 Å². The summed E-state index contributed by atoms with van der Waals surface area (Å²) in [5.41, 5.74) is 4.81. The predicted octanol–water partition coefficient (Wildman–Crippen LogP) is -0.527. The first kappa shape index (κ1) is 15.7. The fourth-order valence-electron chi connectivity index (χ4n) is 1.23. The molecule has 0 spiro atoms. The van der Waals surface area contributed by atoms with Crippen molar-refractivity contribution < 1.29 is 23.1 Å². The first-order valence-corrected chi connectivity index (χ1v) is 6.94. The quantitative estimate of drug-likeness (QED) is 0.653. The second-order valence-electron chi connectivity index (χ2n) is 3.57. The molecule has 0 fully saturated rings. The third-order valence-corrected chi connectivity index (χ3v) is 3.91. The van der Waals surface area contributed by atoms with E-state index in [4.69, 9.17) is 27.2 Å². The van der Waals surface area contributed by atoms with Crippen molar-refractivity contribution in [2.24, 2.45) is 5.73 Å². The number of aliphatic hydroxyl groups excluding tert-OH is 1. The van der Waals surface area contributed by atoms with Gasteiger partial charge in [-0.1, -0.05) is 11.6 Å². The topological polar surface area (TPSA) is 119 Å². The summed E-state index contributed by atoms with van der Waals surface area (Å²) in [6.07, 6.45) is -1.60. The number of rotatable bonds is 6. The van der Waals surface area contributed by atoms with E-state index in [0.717, 1.165) is 0 Å². The van der Waals surface area contributed by atoms with E-state index >= 15 is 0 Å². The van der Waals surface area contributed by atoms with Crippen LogP contribution in [0.2, 0.25) is 5.02 Å². The number of methoxy groups -OCH3 is 1. The lowest BCUT2D eigenvalue weighted by Gasteiger charge is -2.12. The molecule has 0 saturated carbocycles. The molecule has 0 saturated heterocycles. The second kappa shape index (κ2) is 6.20. The van der Waals surface area contributed by atoms with Gasteiger partial charge in [0.25, 0.3) is 0 Å². The Labute approximate surface area is 115 Å². The molecule has 9 heteroatoms. The normalized spacial score (nSPS) is 13.0. The number of carbonyl (C=O) groups excluding carboxylic acids is 1. The van der Waals surface area contributed by atoms with Crippen molar-refractivity contribution in [2.45, 2.75) is 11.0 Å². The third kappa shape index (κ3) is 4.06. The molecule has 7 nitrogen and oxygen atoms in total. The third-order valence-electron chi connectivity index (χ3n) is 2.21. The SMILES string of the molecule is COc1cc(Cl)ccc1S(=O)(=O)NCC(O)C(N)=O. The number of nitrogens with two attached hydrogens (primary N) is 1. The van der Waals surface area contributed by atoms with Crippen molar-refractivity contribution in [3.05, 3.63) is 23.2 Å². The largest absolute Gasteiger partial charge is 0.495 e. The van der Waals surface area contributed by atoms with Crippen LogP contribution in [0.5, 0.6) is 5.75 Å². The number of sulfonamides is 1. The van der Waals surface area contributed by atoms with E-state index in [9.17, 15) is 13.2 Å². The first-order chi connectivity index (χ1) is 8.77. The molecule has 0 bridgehead atoms. The summed E-state index contributed by atoms with van der Waals surface area (Å²) in [4.78, 5) is 10.5. The summed E-state index contributed by atoms with van der Waals surface area (Å²) in [5.74, 6) is -0.973. The zero-order valence-corrected chi connectivity index (χ0v) is 11.5. The molecule has 19 heavy (non-hydrogen) atoms. The highest BCUT2D eigenvalue weighted by Crippen LogP contribution is 2.26. The van der Waals surface area contributed by atoms with Crippen molar-refractivity contribution in [1.82, 2.24) is 4.72 Å². The molecule has 0 radical (unpaired) electrons. The Morgan fingerprint density at radius 2 is 2.21 bits per heavy atom. The predicted molar refractivity (Wildman–Crippen MR) is 68.4 cm³/mol. The van der Waals surface area contributed by atoms with Crippen molar-refractivity contribution in [2.75, 3.05) is 13.7 Å². The highest BCUT2D eigenvalue weighted by Gasteiger charge is 2.22. The van der Waals surface area contributed by atoms with Gasteiger partial charge in [0.1, 0.15) is 16.7 Å². The smallest absolute Gasteiger partial charge is 0.247 e. The van der Waals surface area contributed by atoms with Crippen LogP contribution in [-0.4, -0.2) is 39.2 Å². The number of primary amides is 1. The number of hydrogen-bond acceptors (Lipinski definition) is 5. The van der Waals surface area contributed by atoms with E-state index < -0.39 is 28.6 Å². The van der Waals surface area contributed by atoms with E-state index in [0.29, 0.717) is 5.02 Å². The van der Waals surface area contributed by atoms with Crippen LogP contribution in [-0.2, 0) is 14.8 Å². The molecule has 0 heterocycles. The zero-order chi connectivity index (χ0) is 14.6. The van der Waals surface area contributed by atoms with Crippen molar-refractivity contribution in [1.29, 1.82) is 0 Å². The van der Waals surface area contributed by atoms with Gasteiger partial charge in [0.05, 0.1) is 7.11 Å². The van der Waals surface area contributed by atoms with Gasteiger partial charge in [-0.25, -0.2) is 13.1 Å². The van der Waals surface area contributed by atoms with E-state index in [1.54, 1.807) is 0 Å². The Hall–Kier alpha value is -1.35. The lowest BCUT2D eigenvalue weighted by atomic mass is 10.3. The molecule has 1 amide bonds. The first-order valence-electron chi connectivity index (χ1n) is 5.08. The second-order valence-corrected chi connectivity index (χ2v) is 5.74. The van der Waals surface area contributed by atoms with Gasteiger partial charge in [0, 0.05) is 17.6 Å². The summed E-state index contributed by atoms with van der Waals surface area (Å²) >= 11 is 5.72. The number of aliphatic hydroxyl groups is 1. The van der Waals surface area contributed by atoms with Crippen molar-refractivity contribution in [3.63, 3.8) is 0 Å². The van der Waals surface area contributed by atoms with Gasteiger partial charge < -0.3 is 15.6 Å². The van der Waals surface area contributed by atoms with Crippen LogP contribution in [0.1, 0.15) is 0 Å².